The molecule has 0 nitrogen and oxygen atoms in total. The maximum atomic E-state index is 2.31. The third kappa shape index (κ3) is 3.39. The molecular formula is C34H22S. The van der Waals surface area contributed by atoms with Gasteiger partial charge in [0, 0.05) is 15.2 Å². The molecule has 1 heteroatoms. The van der Waals surface area contributed by atoms with Crippen LogP contribution >= 0.6 is 11.8 Å². The zero-order chi connectivity index (χ0) is 23.2. The van der Waals surface area contributed by atoms with Crippen molar-refractivity contribution in [1.29, 1.82) is 0 Å². The SMILES string of the molecule is c1ccc(-c2ccc(-c3ccccc3-c3ccc4c5c(cccc35)-c3ccccc3S4)cc2)cc1. The summed E-state index contributed by atoms with van der Waals surface area (Å²) in [5.74, 6) is 0. The van der Waals surface area contributed by atoms with Crippen molar-refractivity contribution in [2.45, 2.75) is 9.79 Å². The highest BCUT2D eigenvalue weighted by atomic mass is 32.2. The molecule has 0 fully saturated rings. The highest BCUT2D eigenvalue weighted by molar-refractivity contribution is 7.99. The summed E-state index contributed by atoms with van der Waals surface area (Å²) in [6, 6.07) is 48.4. The highest BCUT2D eigenvalue weighted by Crippen LogP contribution is 2.50. The van der Waals surface area contributed by atoms with Crippen molar-refractivity contribution in [3.63, 3.8) is 0 Å². The van der Waals surface area contributed by atoms with Gasteiger partial charge in [0.15, 0.2) is 0 Å². The Bertz CT molecular complexity index is 1700. The van der Waals surface area contributed by atoms with Crippen molar-refractivity contribution < 1.29 is 0 Å². The second kappa shape index (κ2) is 8.30. The summed E-state index contributed by atoms with van der Waals surface area (Å²) in [6.07, 6.45) is 0. The average Bonchev–Trinajstić information content (AvgIpc) is 2.94. The first kappa shape index (κ1) is 20.3. The third-order valence-electron chi connectivity index (χ3n) is 6.92. The highest BCUT2D eigenvalue weighted by Gasteiger charge is 2.21. The van der Waals surface area contributed by atoms with Crippen LogP contribution in [0.5, 0.6) is 0 Å². The number of hydrogen-bond donors (Lipinski definition) is 0. The second-order valence-electron chi connectivity index (χ2n) is 8.93. The molecule has 6 aromatic carbocycles. The number of fused-ring (bicyclic) bond motifs is 2. The van der Waals surface area contributed by atoms with E-state index in [1.54, 1.807) is 0 Å². The van der Waals surface area contributed by atoms with E-state index >= 15 is 0 Å². The molecular weight excluding hydrogens is 440 g/mol. The van der Waals surface area contributed by atoms with Crippen molar-refractivity contribution in [2.24, 2.45) is 0 Å². The van der Waals surface area contributed by atoms with Crippen LogP contribution in [0, 0.1) is 0 Å². The molecule has 1 heterocycles. The Balaban J connectivity index is 1.39. The van der Waals surface area contributed by atoms with Crippen molar-refractivity contribution in [3.8, 4) is 44.5 Å². The van der Waals surface area contributed by atoms with Gasteiger partial charge in [-0.05, 0) is 62.0 Å². The molecule has 7 rings (SSSR count). The normalized spacial score (nSPS) is 11.9. The summed E-state index contributed by atoms with van der Waals surface area (Å²) in [5.41, 5.74) is 10.2. The Kier molecular flexibility index (Phi) is 4.82. The van der Waals surface area contributed by atoms with E-state index in [1.165, 1.54) is 65.1 Å². The summed E-state index contributed by atoms with van der Waals surface area (Å²) in [6.45, 7) is 0. The van der Waals surface area contributed by atoms with E-state index in [0.29, 0.717) is 0 Å². The third-order valence-corrected chi connectivity index (χ3v) is 8.06. The van der Waals surface area contributed by atoms with Crippen LogP contribution in [-0.2, 0) is 0 Å². The van der Waals surface area contributed by atoms with E-state index in [9.17, 15) is 0 Å². The molecule has 0 unspecified atom stereocenters. The fraction of sp³-hybridized carbons (Fsp3) is 0. The molecule has 1 aliphatic heterocycles. The minimum atomic E-state index is 1.24. The molecule has 0 N–H and O–H groups in total. The minimum Gasteiger partial charge on any atom is -0.0888 e. The molecule has 0 saturated heterocycles. The van der Waals surface area contributed by atoms with Crippen LogP contribution in [0.4, 0.5) is 0 Å². The average molecular weight is 463 g/mol. The van der Waals surface area contributed by atoms with E-state index in [-0.39, 0.29) is 0 Å². The van der Waals surface area contributed by atoms with Gasteiger partial charge in [-0.3, -0.25) is 0 Å². The van der Waals surface area contributed by atoms with E-state index < -0.39 is 0 Å². The lowest BCUT2D eigenvalue weighted by molar-refractivity contribution is 1.40. The smallest absolute Gasteiger partial charge is 0.0207 e. The molecule has 0 atom stereocenters. The van der Waals surface area contributed by atoms with E-state index in [1.807, 2.05) is 11.8 Å². The van der Waals surface area contributed by atoms with Crippen molar-refractivity contribution in [1.82, 2.24) is 0 Å². The van der Waals surface area contributed by atoms with Gasteiger partial charge in [0.05, 0.1) is 0 Å². The monoisotopic (exact) mass is 462 g/mol. The van der Waals surface area contributed by atoms with Crippen molar-refractivity contribution in [2.75, 3.05) is 0 Å². The van der Waals surface area contributed by atoms with Gasteiger partial charge in [-0.1, -0.05) is 133 Å². The fourth-order valence-corrected chi connectivity index (χ4v) is 6.39. The Labute approximate surface area is 209 Å². The fourth-order valence-electron chi connectivity index (χ4n) is 5.26. The predicted molar refractivity (Wildman–Crippen MR) is 150 cm³/mol. The molecule has 0 amide bonds. The number of rotatable bonds is 3. The van der Waals surface area contributed by atoms with Gasteiger partial charge in [0.1, 0.15) is 0 Å². The first-order chi connectivity index (χ1) is 17.4. The predicted octanol–water partition coefficient (Wildman–Crippen LogP) is 9.97. The quantitative estimate of drug-likeness (QED) is 0.252. The van der Waals surface area contributed by atoms with E-state index in [2.05, 4.69) is 133 Å². The largest absolute Gasteiger partial charge is 0.0888 e. The Morgan fingerprint density at radius 1 is 0.314 bits per heavy atom. The van der Waals surface area contributed by atoms with Crippen LogP contribution in [0.15, 0.2) is 143 Å². The van der Waals surface area contributed by atoms with Gasteiger partial charge in [0.2, 0.25) is 0 Å². The molecule has 0 spiro atoms. The van der Waals surface area contributed by atoms with Gasteiger partial charge in [-0.2, -0.15) is 0 Å². The van der Waals surface area contributed by atoms with Crippen LogP contribution in [0.1, 0.15) is 0 Å². The molecule has 0 saturated carbocycles. The Hall–Kier alpha value is -4.07. The number of benzene rings is 6. The minimum absolute atomic E-state index is 1.24. The molecule has 0 radical (unpaired) electrons. The second-order valence-corrected chi connectivity index (χ2v) is 10.0. The van der Waals surface area contributed by atoms with Gasteiger partial charge in [0.25, 0.3) is 0 Å². The van der Waals surface area contributed by atoms with Crippen molar-refractivity contribution >= 4 is 22.5 Å². The summed E-state index contributed by atoms with van der Waals surface area (Å²) in [5, 5.41) is 2.68. The summed E-state index contributed by atoms with van der Waals surface area (Å²) < 4.78 is 0. The molecule has 6 aromatic rings. The van der Waals surface area contributed by atoms with Crippen LogP contribution in [0.25, 0.3) is 55.3 Å². The first-order valence-corrected chi connectivity index (χ1v) is 12.8. The topological polar surface area (TPSA) is 0 Å². The van der Waals surface area contributed by atoms with Crippen LogP contribution in [-0.4, -0.2) is 0 Å². The van der Waals surface area contributed by atoms with E-state index in [0.717, 1.165) is 0 Å². The molecule has 0 bridgehead atoms. The summed E-state index contributed by atoms with van der Waals surface area (Å²) >= 11 is 1.88. The van der Waals surface area contributed by atoms with Gasteiger partial charge < -0.3 is 0 Å². The van der Waals surface area contributed by atoms with Crippen molar-refractivity contribution in [3.05, 3.63) is 133 Å². The standard InChI is InChI=1S/C34H22S/c1-2-9-23(10-3-1)24-17-19-25(20-18-24)26-11-4-5-12-27(26)28-21-22-33-34-30(28)14-8-15-31(34)29-13-6-7-16-32(29)35-33/h1-22H. The maximum absolute atomic E-state index is 2.31. The molecule has 0 aliphatic carbocycles. The zero-order valence-corrected chi connectivity index (χ0v) is 19.9. The molecule has 35 heavy (non-hydrogen) atoms. The zero-order valence-electron chi connectivity index (χ0n) is 19.1. The Morgan fingerprint density at radius 3 is 1.77 bits per heavy atom. The van der Waals surface area contributed by atoms with Crippen LogP contribution < -0.4 is 0 Å². The Morgan fingerprint density at radius 2 is 0.943 bits per heavy atom. The van der Waals surface area contributed by atoms with Crippen LogP contribution in [0.3, 0.4) is 0 Å². The molecule has 164 valence electrons. The van der Waals surface area contributed by atoms with Gasteiger partial charge in [-0.15, -0.1) is 0 Å². The lowest BCUT2D eigenvalue weighted by atomic mass is 9.88. The van der Waals surface area contributed by atoms with Crippen LogP contribution in [0.2, 0.25) is 0 Å². The first-order valence-electron chi connectivity index (χ1n) is 11.9. The maximum Gasteiger partial charge on any atom is 0.0207 e. The lowest BCUT2D eigenvalue weighted by Gasteiger charge is -2.22. The van der Waals surface area contributed by atoms with E-state index in [4.69, 9.17) is 0 Å². The van der Waals surface area contributed by atoms with Gasteiger partial charge in [-0.25, -0.2) is 0 Å². The van der Waals surface area contributed by atoms with Gasteiger partial charge >= 0.3 is 0 Å². The lowest BCUT2D eigenvalue weighted by Crippen LogP contribution is -1.94. The summed E-state index contributed by atoms with van der Waals surface area (Å²) in [4.78, 5) is 2.67. The summed E-state index contributed by atoms with van der Waals surface area (Å²) in [7, 11) is 0. The molecule has 0 aromatic heterocycles. The molecule has 1 aliphatic rings. The number of hydrogen-bond acceptors (Lipinski definition) is 1.